The van der Waals surface area contributed by atoms with Crippen molar-refractivity contribution >= 4 is 22.9 Å². The second kappa shape index (κ2) is 9.03. The van der Waals surface area contributed by atoms with Gasteiger partial charge in [-0.1, -0.05) is 12.1 Å². The summed E-state index contributed by atoms with van der Waals surface area (Å²) < 4.78 is 5.69. The van der Waals surface area contributed by atoms with Crippen LogP contribution in [0.5, 0.6) is 11.5 Å². The highest BCUT2D eigenvalue weighted by atomic mass is 16.6. The third kappa shape index (κ3) is 3.94. The first-order valence-electron chi connectivity index (χ1n) is 11.7. The molecule has 0 bridgehead atoms. The summed E-state index contributed by atoms with van der Waals surface area (Å²) in [6.45, 7) is 0. The van der Waals surface area contributed by atoms with Gasteiger partial charge in [-0.3, -0.25) is 29.8 Å². The van der Waals surface area contributed by atoms with E-state index in [-0.39, 0.29) is 23.1 Å². The number of hydrogen-bond donors (Lipinski definition) is 0. The van der Waals surface area contributed by atoms with E-state index in [0.29, 0.717) is 24.0 Å². The first-order valence-corrected chi connectivity index (χ1v) is 11.7. The monoisotopic (exact) mass is 489 g/mol. The van der Waals surface area contributed by atoms with Gasteiger partial charge in [-0.15, -0.1) is 0 Å². The van der Waals surface area contributed by atoms with E-state index in [0.717, 1.165) is 54.8 Å². The Bertz CT molecular complexity index is 1330. The predicted octanol–water partition coefficient (Wildman–Crippen LogP) is 5.34. The molecule has 0 amide bonds. The fourth-order valence-corrected chi connectivity index (χ4v) is 5.39. The fourth-order valence-electron chi connectivity index (χ4n) is 5.39. The molecule has 2 aromatic rings. The number of Topliss-reactive ketones (excluding diaryl/α,β-unsaturated/α-hetero) is 2. The highest BCUT2D eigenvalue weighted by molar-refractivity contribution is 6.06. The molecular formula is C26H23N3O7. The molecule has 184 valence electrons. The maximum atomic E-state index is 13.1. The van der Waals surface area contributed by atoms with Crippen LogP contribution >= 0.6 is 0 Å². The normalized spacial score (nSPS) is 18.2. The van der Waals surface area contributed by atoms with Crippen LogP contribution in [0.2, 0.25) is 0 Å². The molecule has 0 unspecified atom stereocenters. The van der Waals surface area contributed by atoms with Gasteiger partial charge in [0, 0.05) is 54.4 Å². The van der Waals surface area contributed by atoms with Gasteiger partial charge in [0.2, 0.25) is 5.75 Å². The molecule has 36 heavy (non-hydrogen) atoms. The standard InChI is InChI=1S/C26H23N3O7/c1-27-18-4-2-6-21(30)25(18)24(26-19(27)5-3-7-22(26)31)15-8-11-17(12-9-15)36-23-13-10-16(28(32)33)14-20(23)29(34)35/h8-14,24H,2-7H2,1H3. The van der Waals surface area contributed by atoms with Gasteiger partial charge in [-0.05, 0) is 49.4 Å². The highest BCUT2D eigenvalue weighted by Gasteiger charge is 2.42. The van der Waals surface area contributed by atoms with Gasteiger partial charge in [-0.2, -0.15) is 0 Å². The molecule has 5 rings (SSSR count). The first-order chi connectivity index (χ1) is 17.3. The van der Waals surface area contributed by atoms with Crippen molar-refractivity contribution in [2.24, 2.45) is 0 Å². The quantitative estimate of drug-likeness (QED) is 0.406. The number of ether oxygens (including phenoxy) is 1. The van der Waals surface area contributed by atoms with Gasteiger partial charge in [0.1, 0.15) is 5.75 Å². The molecule has 10 heteroatoms. The van der Waals surface area contributed by atoms with E-state index >= 15 is 0 Å². The summed E-state index contributed by atoms with van der Waals surface area (Å²) in [7, 11) is 1.94. The highest BCUT2D eigenvalue weighted by Crippen LogP contribution is 2.48. The van der Waals surface area contributed by atoms with Crippen LogP contribution in [0.4, 0.5) is 11.4 Å². The van der Waals surface area contributed by atoms with Crippen LogP contribution in [0.15, 0.2) is 65.0 Å². The maximum Gasteiger partial charge on any atom is 0.318 e. The second-order valence-electron chi connectivity index (χ2n) is 9.10. The molecule has 2 aromatic carbocycles. The number of hydrogen-bond acceptors (Lipinski definition) is 8. The van der Waals surface area contributed by atoms with Crippen molar-refractivity contribution in [3.05, 3.63) is 90.8 Å². The molecule has 1 heterocycles. The van der Waals surface area contributed by atoms with E-state index < -0.39 is 27.1 Å². The number of nitro benzene ring substituents is 2. The Kier molecular flexibility index (Phi) is 5.87. The zero-order valence-electron chi connectivity index (χ0n) is 19.6. The van der Waals surface area contributed by atoms with Gasteiger partial charge in [-0.25, -0.2) is 0 Å². The molecule has 0 spiro atoms. The second-order valence-corrected chi connectivity index (χ2v) is 9.10. The van der Waals surface area contributed by atoms with E-state index in [1.165, 1.54) is 6.07 Å². The fraction of sp³-hybridized carbons (Fsp3) is 0.308. The summed E-state index contributed by atoms with van der Waals surface area (Å²) >= 11 is 0. The lowest BCUT2D eigenvalue weighted by molar-refractivity contribution is -0.394. The van der Waals surface area contributed by atoms with Gasteiger partial charge in [0.25, 0.3) is 5.69 Å². The van der Waals surface area contributed by atoms with Crippen LogP contribution in [0.1, 0.15) is 50.0 Å². The van der Waals surface area contributed by atoms with Crippen LogP contribution in [-0.4, -0.2) is 33.4 Å². The molecule has 3 aliphatic rings. The topological polar surface area (TPSA) is 133 Å². The van der Waals surface area contributed by atoms with Crippen molar-refractivity contribution in [1.82, 2.24) is 4.90 Å². The smallest absolute Gasteiger partial charge is 0.318 e. The van der Waals surface area contributed by atoms with E-state index in [9.17, 15) is 29.8 Å². The maximum absolute atomic E-state index is 13.1. The molecule has 0 atom stereocenters. The Morgan fingerprint density at radius 3 is 1.94 bits per heavy atom. The van der Waals surface area contributed by atoms with Crippen LogP contribution < -0.4 is 4.74 Å². The molecule has 1 aliphatic heterocycles. The van der Waals surface area contributed by atoms with Crippen molar-refractivity contribution in [2.75, 3.05) is 7.05 Å². The van der Waals surface area contributed by atoms with Gasteiger partial charge < -0.3 is 9.64 Å². The minimum atomic E-state index is -0.736. The van der Waals surface area contributed by atoms with E-state index in [2.05, 4.69) is 0 Å². The molecule has 0 fully saturated rings. The number of ketones is 2. The minimum absolute atomic E-state index is 0.0554. The Balaban J connectivity index is 1.52. The first kappa shape index (κ1) is 23.4. The Morgan fingerprint density at radius 1 is 0.833 bits per heavy atom. The summed E-state index contributed by atoms with van der Waals surface area (Å²) in [6.07, 6.45) is 4.03. The number of allylic oxidation sites excluding steroid dienone is 4. The summed E-state index contributed by atoms with van der Waals surface area (Å²) in [5, 5.41) is 22.4. The molecule has 10 nitrogen and oxygen atoms in total. The number of rotatable bonds is 5. The zero-order chi connectivity index (χ0) is 25.6. The molecular weight excluding hydrogens is 466 g/mol. The molecule has 0 N–H and O–H groups in total. The Hall–Kier alpha value is -4.34. The van der Waals surface area contributed by atoms with Crippen molar-refractivity contribution in [1.29, 1.82) is 0 Å². The van der Waals surface area contributed by atoms with Crippen molar-refractivity contribution < 1.29 is 24.2 Å². The molecule has 2 aliphatic carbocycles. The number of nitrogens with zero attached hydrogens (tertiary/aromatic N) is 3. The third-order valence-corrected chi connectivity index (χ3v) is 7.04. The average molecular weight is 489 g/mol. The Labute approximate surface area is 206 Å². The summed E-state index contributed by atoms with van der Waals surface area (Å²) in [5.74, 6) is -0.177. The summed E-state index contributed by atoms with van der Waals surface area (Å²) in [6, 6.07) is 9.97. The van der Waals surface area contributed by atoms with Crippen molar-refractivity contribution in [3.8, 4) is 11.5 Å². The van der Waals surface area contributed by atoms with E-state index in [4.69, 9.17) is 4.74 Å². The van der Waals surface area contributed by atoms with Gasteiger partial charge in [0.05, 0.1) is 15.9 Å². The lowest BCUT2D eigenvalue weighted by atomic mass is 9.71. The number of nitro groups is 2. The summed E-state index contributed by atoms with van der Waals surface area (Å²) in [4.78, 5) is 49.1. The lowest BCUT2D eigenvalue weighted by Crippen LogP contribution is -2.37. The molecule has 0 radical (unpaired) electrons. The molecule has 0 aromatic heterocycles. The van der Waals surface area contributed by atoms with Gasteiger partial charge in [0.15, 0.2) is 11.6 Å². The average Bonchev–Trinajstić information content (AvgIpc) is 2.86. The van der Waals surface area contributed by atoms with Crippen LogP contribution in [-0.2, 0) is 9.59 Å². The number of carbonyl (C=O) groups is 2. The van der Waals surface area contributed by atoms with Crippen molar-refractivity contribution in [3.63, 3.8) is 0 Å². The van der Waals surface area contributed by atoms with E-state index in [1.807, 2.05) is 11.9 Å². The minimum Gasteiger partial charge on any atom is -0.450 e. The number of benzene rings is 2. The zero-order valence-corrected chi connectivity index (χ0v) is 19.6. The number of non-ortho nitro benzene ring substituents is 1. The predicted molar refractivity (Wildman–Crippen MR) is 129 cm³/mol. The number of carbonyl (C=O) groups excluding carboxylic acids is 2. The molecule has 0 saturated carbocycles. The summed E-state index contributed by atoms with van der Waals surface area (Å²) in [5.41, 5.74) is 3.16. The largest absolute Gasteiger partial charge is 0.450 e. The SMILES string of the molecule is CN1C2=C(C(=O)CCC2)C(c2ccc(Oc3ccc([N+](=O)[O-])cc3[N+](=O)[O-])cc2)C2=C1CCCC2=O. The van der Waals surface area contributed by atoms with Crippen LogP contribution in [0.25, 0.3) is 0 Å². The third-order valence-electron chi connectivity index (χ3n) is 7.04. The Morgan fingerprint density at radius 2 is 1.42 bits per heavy atom. The van der Waals surface area contributed by atoms with Gasteiger partial charge >= 0.3 is 5.69 Å². The van der Waals surface area contributed by atoms with Crippen LogP contribution in [0.3, 0.4) is 0 Å². The van der Waals surface area contributed by atoms with Crippen molar-refractivity contribution in [2.45, 2.75) is 44.4 Å². The molecule has 0 saturated heterocycles. The van der Waals surface area contributed by atoms with E-state index in [1.54, 1.807) is 24.3 Å². The van der Waals surface area contributed by atoms with Crippen LogP contribution in [0, 0.1) is 20.2 Å². The lowest BCUT2D eigenvalue weighted by Gasteiger charge is -2.42.